The van der Waals surface area contributed by atoms with Gasteiger partial charge in [-0.1, -0.05) is 12.1 Å². The van der Waals surface area contributed by atoms with E-state index in [1.54, 1.807) is 0 Å². The van der Waals surface area contributed by atoms with Crippen LogP contribution in [0.2, 0.25) is 0 Å². The molecule has 1 aromatic rings. The Balaban J connectivity index is 2.07. The predicted octanol–water partition coefficient (Wildman–Crippen LogP) is 0.964. The first-order valence-corrected chi connectivity index (χ1v) is 6.28. The van der Waals surface area contributed by atoms with E-state index in [4.69, 9.17) is 5.73 Å². The average molecular weight is 287 g/mol. The Morgan fingerprint density at radius 2 is 2.00 bits per heavy atom. The summed E-state index contributed by atoms with van der Waals surface area (Å²) < 4.78 is 37.4. The van der Waals surface area contributed by atoms with Gasteiger partial charge in [0.2, 0.25) is 5.91 Å². The maximum atomic E-state index is 12.5. The van der Waals surface area contributed by atoms with Gasteiger partial charge in [-0.25, -0.2) is 0 Å². The molecule has 1 saturated heterocycles. The molecule has 3 N–H and O–H groups in total. The number of hydrogen-bond donors (Lipinski definition) is 2. The number of nitrogens with two attached hydrogens (primary N) is 1. The highest BCUT2D eigenvalue weighted by atomic mass is 19.4. The number of nitrogens with zero attached hydrogens (tertiary/aromatic N) is 1. The van der Waals surface area contributed by atoms with Crippen LogP contribution in [0.15, 0.2) is 24.3 Å². The number of hydrogen-bond acceptors (Lipinski definition) is 3. The van der Waals surface area contributed by atoms with Crippen molar-refractivity contribution in [2.75, 3.05) is 19.6 Å². The summed E-state index contributed by atoms with van der Waals surface area (Å²) in [7, 11) is 0. The van der Waals surface area contributed by atoms with E-state index in [1.807, 2.05) is 4.90 Å². The number of piperazine rings is 1. The molecule has 0 saturated carbocycles. The maximum Gasteiger partial charge on any atom is 0.416 e. The molecule has 1 heterocycles. The molecule has 0 radical (unpaired) electrons. The fourth-order valence-electron chi connectivity index (χ4n) is 2.25. The molecule has 20 heavy (non-hydrogen) atoms. The lowest BCUT2D eigenvalue weighted by Crippen LogP contribution is -2.56. The van der Waals surface area contributed by atoms with E-state index >= 15 is 0 Å². The zero-order valence-electron chi connectivity index (χ0n) is 10.8. The van der Waals surface area contributed by atoms with Crippen molar-refractivity contribution in [3.63, 3.8) is 0 Å². The highest BCUT2D eigenvalue weighted by Gasteiger charge is 2.30. The van der Waals surface area contributed by atoms with Crippen LogP contribution in [-0.2, 0) is 17.5 Å². The molecule has 0 spiro atoms. The monoisotopic (exact) mass is 287 g/mol. The van der Waals surface area contributed by atoms with Crippen LogP contribution >= 0.6 is 0 Å². The van der Waals surface area contributed by atoms with Crippen molar-refractivity contribution in [2.24, 2.45) is 5.73 Å². The van der Waals surface area contributed by atoms with E-state index < -0.39 is 23.7 Å². The molecular formula is C13H16F3N3O. The highest BCUT2D eigenvalue weighted by molar-refractivity contribution is 5.80. The number of nitrogens with one attached hydrogen (secondary N) is 1. The van der Waals surface area contributed by atoms with Crippen molar-refractivity contribution >= 4 is 5.91 Å². The molecule has 1 aliphatic heterocycles. The standard InChI is InChI=1S/C13H16F3N3O/c14-13(15,16)10-3-1-9(2-4-10)8-19-6-5-18-7-11(19)12(17)20/h1-4,11,18H,5-8H2,(H2,17,20). The largest absolute Gasteiger partial charge is 0.416 e. The topological polar surface area (TPSA) is 58.4 Å². The van der Waals surface area contributed by atoms with Crippen LogP contribution in [-0.4, -0.2) is 36.5 Å². The van der Waals surface area contributed by atoms with Gasteiger partial charge in [-0.3, -0.25) is 9.69 Å². The van der Waals surface area contributed by atoms with Crippen LogP contribution in [0, 0.1) is 0 Å². The van der Waals surface area contributed by atoms with Gasteiger partial charge in [0.1, 0.15) is 6.04 Å². The summed E-state index contributed by atoms with van der Waals surface area (Å²) in [5.74, 6) is -0.427. The summed E-state index contributed by atoms with van der Waals surface area (Å²) in [6.07, 6.45) is -4.33. The highest BCUT2D eigenvalue weighted by Crippen LogP contribution is 2.29. The molecule has 4 nitrogen and oxygen atoms in total. The minimum atomic E-state index is -4.33. The molecule has 7 heteroatoms. The Morgan fingerprint density at radius 1 is 1.35 bits per heavy atom. The summed E-state index contributed by atoms with van der Waals surface area (Å²) in [4.78, 5) is 13.2. The number of rotatable bonds is 3. The molecule has 1 amide bonds. The van der Waals surface area contributed by atoms with Gasteiger partial charge in [0.15, 0.2) is 0 Å². The van der Waals surface area contributed by atoms with E-state index in [9.17, 15) is 18.0 Å². The first kappa shape index (κ1) is 14.8. The summed E-state index contributed by atoms with van der Waals surface area (Å²) in [5.41, 5.74) is 5.38. The van der Waals surface area contributed by atoms with Crippen LogP contribution in [0.1, 0.15) is 11.1 Å². The number of alkyl halides is 3. The van der Waals surface area contributed by atoms with Gasteiger partial charge < -0.3 is 11.1 Å². The Morgan fingerprint density at radius 3 is 2.55 bits per heavy atom. The zero-order valence-corrected chi connectivity index (χ0v) is 10.8. The van der Waals surface area contributed by atoms with E-state index in [1.165, 1.54) is 12.1 Å². The van der Waals surface area contributed by atoms with Crippen LogP contribution in [0.5, 0.6) is 0 Å². The van der Waals surface area contributed by atoms with Crippen LogP contribution in [0.25, 0.3) is 0 Å². The summed E-state index contributed by atoms with van der Waals surface area (Å²) in [6.45, 7) is 2.24. The SMILES string of the molecule is NC(=O)C1CNCCN1Cc1ccc(C(F)(F)F)cc1. The fourth-order valence-corrected chi connectivity index (χ4v) is 2.25. The van der Waals surface area contributed by atoms with Crippen LogP contribution < -0.4 is 11.1 Å². The number of benzene rings is 1. The first-order chi connectivity index (χ1) is 9.38. The van der Waals surface area contributed by atoms with Crippen molar-refractivity contribution in [2.45, 2.75) is 18.8 Å². The molecule has 1 atom stereocenters. The lowest BCUT2D eigenvalue weighted by molar-refractivity contribution is -0.137. The van der Waals surface area contributed by atoms with E-state index in [0.29, 0.717) is 19.6 Å². The molecule has 1 aliphatic rings. The van der Waals surface area contributed by atoms with Crippen molar-refractivity contribution in [1.29, 1.82) is 0 Å². The van der Waals surface area contributed by atoms with Gasteiger partial charge in [-0.05, 0) is 17.7 Å². The van der Waals surface area contributed by atoms with Crippen molar-refractivity contribution in [3.8, 4) is 0 Å². The molecule has 0 aromatic heterocycles. The molecule has 0 bridgehead atoms. The molecule has 1 unspecified atom stereocenters. The van der Waals surface area contributed by atoms with Crippen molar-refractivity contribution in [1.82, 2.24) is 10.2 Å². The molecule has 1 aromatic carbocycles. The number of primary amides is 1. The van der Waals surface area contributed by atoms with Gasteiger partial charge in [0, 0.05) is 26.2 Å². The third-order valence-corrected chi connectivity index (χ3v) is 3.35. The minimum Gasteiger partial charge on any atom is -0.368 e. The zero-order chi connectivity index (χ0) is 14.8. The Bertz CT molecular complexity index is 473. The molecular weight excluding hydrogens is 271 g/mol. The van der Waals surface area contributed by atoms with E-state index in [0.717, 1.165) is 24.2 Å². The Labute approximate surface area is 114 Å². The van der Waals surface area contributed by atoms with Gasteiger partial charge in [-0.2, -0.15) is 13.2 Å². The van der Waals surface area contributed by atoms with Gasteiger partial charge >= 0.3 is 6.18 Å². The second-order valence-electron chi connectivity index (χ2n) is 4.79. The predicted molar refractivity (Wildman–Crippen MR) is 67.7 cm³/mol. The second-order valence-corrected chi connectivity index (χ2v) is 4.79. The number of halogens is 3. The number of carbonyl (C=O) groups is 1. The smallest absolute Gasteiger partial charge is 0.368 e. The van der Waals surface area contributed by atoms with Gasteiger partial charge in [0.25, 0.3) is 0 Å². The van der Waals surface area contributed by atoms with Crippen LogP contribution in [0.3, 0.4) is 0 Å². The van der Waals surface area contributed by atoms with Gasteiger partial charge in [0.05, 0.1) is 5.56 Å². The van der Waals surface area contributed by atoms with Crippen molar-refractivity contribution in [3.05, 3.63) is 35.4 Å². The molecule has 2 rings (SSSR count). The maximum absolute atomic E-state index is 12.5. The summed E-state index contributed by atoms with van der Waals surface area (Å²) >= 11 is 0. The normalized spacial score (nSPS) is 20.9. The molecule has 1 fully saturated rings. The van der Waals surface area contributed by atoms with Crippen molar-refractivity contribution < 1.29 is 18.0 Å². The summed E-state index contributed by atoms with van der Waals surface area (Å²) in [6, 6.07) is 4.55. The Hall–Kier alpha value is -1.60. The number of carbonyl (C=O) groups excluding carboxylic acids is 1. The average Bonchev–Trinajstić information content (AvgIpc) is 2.38. The van der Waals surface area contributed by atoms with Crippen LogP contribution in [0.4, 0.5) is 13.2 Å². The first-order valence-electron chi connectivity index (χ1n) is 6.28. The molecule has 110 valence electrons. The summed E-state index contributed by atoms with van der Waals surface area (Å²) in [5, 5.41) is 3.07. The number of amides is 1. The minimum absolute atomic E-state index is 0.410. The third kappa shape index (κ3) is 3.49. The second kappa shape index (κ2) is 5.80. The lowest BCUT2D eigenvalue weighted by Gasteiger charge is -2.34. The molecule has 0 aliphatic carbocycles. The van der Waals surface area contributed by atoms with Gasteiger partial charge in [-0.15, -0.1) is 0 Å². The quantitative estimate of drug-likeness (QED) is 0.871. The lowest BCUT2D eigenvalue weighted by atomic mass is 10.1. The Kier molecular flexibility index (Phi) is 4.29. The third-order valence-electron chi connectivity index (χ3n) is 3.35. The fraction of sp³-hybridized carbons (Fsp3) is 0.462. The van der Waals surface area contributed by atoms with E-state index in [-0.39, 0.29) is 0 Å². The van der Waals surface area contributed by atoms with E-state index in [2.05, 4.69) is 5.32 Å².